The molecule has 1 aromatic carbocycles. The number of hydrogen-bond donors (Lipinski definition) is 1. The molecular weight excluding hydrogens is 334 g/mol. The molecular formula is C20H21NO3S. The van der Waals surface area contributed by atoms with E-state index in [4.69, 9.17) is 4.42 Å². The van der Waals surface area contributed by atoms with E-state index in [1.165, 1.54) is 0 Å². The van der Waals surface area contributed by atoms with E-state index < -0.39 is 11.9 Å². The van der Waals surface area contributed by atoms with Crippen molar-refractivity contribution in [1.29, 1.82) is 0 Å². The molecule has 0 saturated carbocycles. The number of carbonyl (C=O) groups is 1. The molecule has 0 aliphatic carbocycles. The lowest BCUT2D eigenvalue weighted by atomic mass is 9.95. The molecule has 0 aliphatic rings. The zero-order chi connectivity index (χ0) is 17.6. The Balaban J connectivity index is 2.03. The summed E-state index contributed by atoms with van der Waals surface area (Å²) in [4.78, 5) is 16.5. The second-order valence-corrected chi connectivity index (χ2v) is 6.78. The fourth-order valence-corrected chi connectivity index (χ4v) is 3.48. The average Bonchev–Trinajstić information content (AvgIpc) is 3.28. The Kier molecular flexibility index (Phi) is 5.66. The minimum Gasteiger partial charge on any atom is -0.481 e. The molecule has 1 N–H and O–H groups in total. The lowest BCUT2D eigenvalue weighted by Crippen LogP contribution is -2.13. The molecule has 3 aromatic rings. The van der Waals surface area contributed by atoms with Crippen LogP contribution in [0.4, 0.5) is 0 Å². The first-order valence-electron chi connectivity index (χ1n) is 8.52. The summed E-state index contributed by atoms with van der Waals surface area (Å²) >= 11 is 1.55. The first-order valence-corrected chi connectivity index (χ1v) is 9.46. The number of thiophene rings is 1. The highest BCUT2D eigenvalue weighted by molar-refractivity contribution is 7.08. The van der Waals surface area contributed by atoms with Gasteiger partial charge in [0.25, 0.3) is 0 Å². The van der Waals surface area contributed by atoms with Crippen molar-refractivity contribution in [3.63, 3.8) is 0 Å². The summed E-state index contributed by atoms with van der Waals surface area (Å²) in [6, 6.07) is 11.5. The van der Waals surface area contributed by atoms with Crippen molar-refractivity contribution < 1.29 is 14.3 Å². The molecule has 4 nitrogen and oxygen atoms in total. The topological polar surface area (TPSA) is 63.3 Å². The number of rotatable bonds is 8. The van der Waals surface area contributed by atoms with Crippen molar-refractivity contribution in [3.05, 3.63) is 52.9 Å². The Hall–Kier alpha value is -2.40. The first-order chi connectivity index (χ1) is 12.2. The molecule has 0 aliphatic heterocycles. The second-order valence-electron chi connectivity index (χ2n) is 6.00. The van der Waals surface area contributed by atoms with Crippen LogP contribution >= 0.6 is 11.3 Å². The molecule has 0 radical (unpaired) electrons. The van der Waals surface area contributed by atoms with Crippen molar-refractivity contribution in [2.24, 2.45) is 0 Å². The van der Waals surface area contributed by atoms with Crippen molar-refractivity contribution in [2.75, 3.05) is 0 Å². The molecule has 130 valence electrons. The van der Waals surface area contributed by atoms with Crippen LogP contribution in [0, 0.1) is 0 Å². The maximum absolute atomic E-state index is 11.9. The van der Waals surface area contributed by atoms with Crippen LogP contribution in [0.3, 0.4) is 0 Å². The number of benzene rings is 1. The SMILES string of the molecule is CCCCCC(C(=O)O)c1nc(-c2ccccc2)oc1-c1ccsc1. The summed E-state index contributed by atoms with van der Waals surface area (Å²) in [7, 11) is 0. The van der Waals surface area contributed by atoms with E-state index in [9.17, 15) is 9.90 Å². The van der Waals surface area contributed by atoms with Crippen LogP contribution in [0.25, 0.3) is 22.8 Å². The Morgan fingerprint density at radius 1 is 1.20 bits per heavy atom. The molecule has 25 heavy (non-hydrogen) atoms. The van der Waals surface area contributed by atoms with E-state index in [0.29, 0.717) is 23.8 Å². The van der Waals surface area contributed by atoms with E-state index in [1.54, 1.807) is 11.3 Å². The van der Waals surface area contributed by atoms with Crippen LogP contribution in [0.2, 0.25) is 0 Å². The van der Waals surface area contributed by atoms with E-state index in [0.717, 1.165) is 30.4 Å². The Labute approximate surface area is 151 Å². The van der Waals surface area contributed by atoms with Crippen LogP contribution in [0.1, 0.15) is 44.2 Å². The van der Waals surface area contributed by atoms with Gasteiger partial charge in [-0.3, -0.25) is 4.79 Å². The van der Waals surface area contributed by atoms with Gasteiger partial charge in [-0.2, -0.15) is 11.3 Å². The van der Waals surface area contributed by atoms with Gasteiger partial charge in [0, 0.05) is 16.5 Å². The number of aromatic nitrogens is 1. The number of unbranched alkanes of at least 4 members (excludes halogenated alkanes) is 2. The number of aliphatic carboxylic acids is 1. The van der Waals surface area contributed by atoms with Gasteiger partial charge in [-0.25, -0.2) is 4.98 Å². The second kappa shape index (κ2) is 8.12. The normalized spacial score (nSPS) is 12.2. The monoisotopic (exact) mass is 355 g/mol. The first kappa shape index (κ1) is 17.4. The van der Waals surface area contributed by atoms with E-state index in [2.05, 4.69) is 11.9 Å². The summed E-state index contributed by atoms with van der Waals surface area (Å²) in [6.07, 6.45) is 3.50. The lowest BCUT2D eigenvalue weighted by Gasteiger charge is -2.10. The quantitative estimate of drug-likeness (QED) is 0.517. The zero-order valence-corrected chi connectivity index (χ0v) is 15.0. The lowest BCUT2D eigenvalue weighted by molar-refractivity contribution is -0.139. The molecule has 3 rings (SSSR count). The third-order valence-electron chi connectivity index (χ3n) is 4.18. The number of carboxylic acid groups (broad SMARTS) is 1. The van der Waals surface area contributed by atoms with Crippen LogP contribution in [-0.4, -0.2) is 16.1 Å². The van der Waals surface area contributed by atoms with E-state index in [-0.39, 0.29) is 0 Å². The predicted octanol–water partition coefficient (Wildman–Crippen LogP) is 5.82. The minimum atomic E-state index is -0.847. The zero-order valence-electron chi connectivity index (χ0n) is 14.1. The molecule has 2 heterocycles. The average molecular weight is 355 g/mol. The standard InChI is InChI=1S/C20H21NO3S/c1-2-3-5-10-16(20(22)23)17-18(15-11-12-25-13-15)24-19(21-17)14-8-6-4-7-9-14/h4,6-9,11-13,16H,2-3,5,10H2,1H3,(H,22,23). The third-order valence-corrected chi connectivity index (χ3v) is 4.87. The fraction of sp³-hybridized carbons (Fsp3) is 0.300. The van der Waals surface area contributed by atoms with E-state index >= 15 is 0 Å². The third kappa shape index (κ3) is 3.99. The maximum atomic E-state index is 11.9. The Morgan fingerprint density at radius 2 is 2.00 bits per heavy atom. The molecule has 5 heteroatoms. The summed E-state index contributed by atoms with van der Waals surface area (Å²) in [5, 5.41) is 13.7. The highest BCUT2D eigenvalue weighted by atomic mass is 32.1. The predicted molar refractivity (Wildman–Crippen MR) is 99.8 cm³/mol. The van der Waals surface area contributed by atoms with E-state index in [1.807, 2.05) is 47.2 Å². The Morgan fingerprint density at radius 3 is 2.64 bits per heavy atom. The highest BCUT2D eigenvalue weighted by Gasteiger charge is 2.29. The number of oxazole rings is 1. The van der Waals surface area contributed by atoms with Crippen LogP contribution in [0.15, 0.2) is 51.6 Å². The Bertz CT molecular complexity index is 809. The van der Waals surface area contributed by atoms with Gasteiger partial charge >= 0.3 is 5.97 Å². The molecule has 0 bridgehead atoms. The molecule has 0 saturated heterocycles. The van der Waals surface area contributed by atoms with Gasteiger partial charge in [0.15, 0.2) is 5.76 Å². The summed E-state index contributed by atoms with van der Waals surface area (Å²) in [6.45, 7) is 2.11. The number of carboxylic acids is 1. The molecule has 0 fully saturated rings. The molecule has 1 atom stereocenters. The summed E-state index contributed by atoms with van der Waals surface area (Å²) in [5.74, 6) is -0.453. The summed E-state index contributed by atoms with van der Waals surface area (Å²) < 4.78 is 6.01. The largest absolute Gasteiger partial charge is 0.481 e. The smallest absolute Gasteiger partial charge is 0.312 e. The minimum absolute atomic E-state index is 0.471. The van der Waals surface area contributed by atoms with Crippen molar-refractivity contribution in [1.82, 2.24) is 4.98 Å². The molecule has 1 unspecified atom stereocenters. The van der Waals surface area contributed by atoms with Gasteiger partial charge in [-0.05, 0) is 30.0 Å². The molecule has 0 amide bonds. The van der Waals surface area contributed by atoms with Crippen molar-refractivity contribution in [3.8, 4) is 22.8 Å². The molecule has 0 spiro atoms. The fourth-order valence-electron chi connectivity index (χ4n) is 2.85. The van der Waals surface area contributed by atoms with Crippen molar-refractivity contribution >= 4 is 17.3 Å². The van der Waals surface area contributed by atoms with Crippen LogP contribution in [-0.2, 0) is 4.79 Å². The van der Waals surface area contributed by atoms with Gasteiger partial charge in [0.2, 0.25) is 5.89 Å². The van der Waals surface area contributed by atoms with Gasteiger partial charge in [-0.1, -0.05) is 44.4 Å². The maximum Gasteiger partial charge on any atom is 0.312 e. The van der Waals surface area contributed by atoms with Gasteiger partial charge in [0.1, 0.15) is 11.6 Å². The number of hydrogen-bond acceptors (Lipinski definition) is 4. The van der Waals surface area contributed by atoms with Crippen molar-refractivity contribution in [2.45, 2.75) is 38.5 Å². The number of nitrogens with zero attached hydrogens (tertiary/aromatic N) is 1. The summed E-state index contributed by atoms with van der Waals surface area (Å²) in [5.41, 5.74) is 2.26. The van der Waals surface area contributed by atoms with Gasteiger partial charge in [0.05, 0.1) is 0 Å². The molecule has 2 aromatic heterocycles. The van der Waals surface area contributed by atoms with Crippen LogP contribution in [0.5, 0.6) is 0 Å². The van der Waals surface area contributed by atoms with Crippen LogP contribution < -0.4 is 0 Å². The van der Waals surface area contributed by atoms with Gasteiger partial charge in [-0.15, -0.1) is 0 Å². The highest BCUT2D eigenvalue weighted by Crippen LogP contribution is 2.36. The van der Waals surface area contributed by atoms with Gasteiger partial charge < -0.3 is 9.52 Å².